The molecule has 0 radical (unpaired) electrons. The molecule has 4 heteroatoms. The molecule has 0 amide bonds. The number of fused-ring (bicyclic) bond motifs is 3. The molecule has 4 rings (SSSR count). The van der Waals surface area contributed by atoms with Crippen LogP contribution in [0.15, 0.2) is 30.6 Å². The van der Waals surface area contributed by atoms with Crippen LogP contribution in [0.3, 0.4) is 0 Å². The monoisotopic (exact) mass is 324 g/mol. The Hall–Kier alpha value is -1.94. The Bertz CT molecular complexity index is 838. The van der Waals surface area contributed by atoms with E-state index < -0.39 is 0 Å². The first-order valence-corrected chi connectivity index (χ1v) is 8.96. The fraction of sp³-hybridized carbons (Fsp3) is 0.368. The molecule has 0 N–H and O–H groups in total. The van der Waals surface area contributed by atoms with Gasteiger partial charge in [0.15, 0.2) is 0 Å². The van der Waals surface area contributed by atoms with Crippen LogP contribution in [0.1, 0.15) is 34.9 Å². The van der Waals surface area contributed by atoms with Crippen molar-refractivity contribution >= 4 is 21.6 Å². The predicted octanol–water partition coefficient (Wildman–Crippen LogP) is 4.70. The summed E-state index contributed by atoms with van der Waals surface area (Å²) in [7, 11) is 0. The summed E-state index contributed by atoms with van der Waals surface area (Å²) in [5.41, 5.74) is 3.85. The molecule has 0 spiro atoms. The average Bonchev–Trinajstić information content (AvgIpc) is 2.92. The Labute approximate surface area is 140 Å². The summed E-state index contributed by atoms with van der Waals surface area (Å²) in [6.45, 7) is 4.97. The Morgan fingerprint density at radius 2 is 2.04 bits per heavy atom. The molecule has 23 heavy (non-hydrogen) atoms. The normalized spacial score (nSPS) is 17.2. The zero-order valence-corrected chi connectivity index (χ0v) is 14.3. The van der Waals surface area contributed by atoms with E-state index in [4.69, 9.17) is 4.74 Å². The van der Waals surface area contributed by atoms with Gasteiger partial charge in [-0.2, -0.15) is 0 Å². The third kappa shape index (κ3) is 2.83. The largest absolute Gasteiger partial charge is 0.472 e. The molecule has 118 valence electrons. The SMILES string of the molecule is Cc1ccc(COc2ncnc3sc4c(c23)CC[C@H](C)C4)cc1. The summed E-state index contributed by atoms with van der Waals surface area (Å²) < 4.78 is 6.05. The second-order valence-corrected chi connectivity index (χ2v) is 7.57. The number of benzene rings is 1. The highest BCUT2D eigenvalue weighted by Gasteiger charge is 2.23. The first kappa shape index (κ1) is 14.6. The van der Waals surface area contributed by atoms with E-state index in [9.17, 15) is 0 Å². The summed E-state index contributed by atoms with van der Waals surface area (Å²) >= 11 is 1.81. The van der Waals surface area contributed by atoms with Crippen molar-refractivity contribution in [2.75, 3.05) is 0 Å². The molecular weight excluding hydrogens is 304 g/mol. The maximum atomic E-state index is 6.05. The zero-order chi connectivity index (χ0) is 15.8. The van der Waals surface area contributed by atoms with E-state index >= 15 is 0 Å². The van der Waals surface area contributed by atoms with Crippen molar-refractivity contribution in [3.8, 4) is 5.88 Å². The third-order valence-electron chi connectivity index (χ3n) is 4.55. The van der Waals surface area contributed by atoms with Gasteiger partial charge in [-0.1, -0.05) is 36.8 Å². The maximum absolute atomic E-state index is 6.05. The van der Waals surface area contributed by atoms with E-state index in [1.807, 2.05) is 11.3 Å². The van der Waals surface area contributed by atoms with Crippen LogP contribution in [-0.4, -0.2) is 9.97 Å². The first-order valence-electron chi connectivity index (χ1n) is 8.14. The number of aryl methyl sites for hydroxylation is 2. The number of rotatable bonds is 3. The third-order valence-corrected chi connectivity index (χ3v) is 5.72. The van der Waals surface area contributed by atoms with Gasteiger partial charge in [0.1, 0.15) is 17.8 Å². The second-order valence-electron chi connectivity index (χ2n) is 6.49. The minimum atomic E-state index is 0.549. The van der Waals surface area contributed by atoms with Gasteiger partial charge >= 0.3 is 0 Å². The fourth-order valence-electron chi connectivity index (χ4n) is 3.19. The van der Waals surface area contributed by atoms with Gasteiger partial charge in [-0.3, -0.25) is 0 Å². The molecule has 3 nitrogen and oxygen atoms in total. The number of aromatic nitrogens is 2. The van der Waals surface area contributed by atoms with Gasteiger partial charge in [-0.05, 0) is 43.2 Å². The van der Waals surface area contributed by atoms with Crippen molar-refractivity contribution in [3.63, 3.8) is 0 Å². The molecular formula is C19H20N2OS. The van der Waals surface area contributed by atoms with Crippen LogP contribution in [0.2, 0.25) is 0 Å². The summed E-state index contributed by atoms with van der Waals surface area (Å²) in [5, 5.41) is 1.14. The van der Waals surface area contributed by atoms with Crippen LogP contribution in [0.4, 0.5) is 0 Å². The summed E-state index contributed by atoms with van der Waals surface area (Å²) in [6.07, 6.45) is 5.14. The van der Waals surface area contributed by atoms with Crippen LogP contribution in [0.25, 0.3) is 10.2 Å². The van der Waals surface area contributed by atoms with Gasteiger partial charge in [0, 0.05) is 4.88 Å². The number of ether oxygens (including phenoxy) is 1. The molecule has 1 aliphatic carbocycles. The number of hydrogen-bond donors (Lipinski definition) is 0. The van der Waals surface area contributed by atoms with Crippen LogP contribution < -0.4 is 4.74 Å². The van der Waals surface area contributed by atoms with Gasteiger partial charge < -0.3 is 4.74 Å². The highest BCUT2D eigenvalue weighted by atomic mass is 32.1. The Morgan fingerprint density at radius 3 is 2.87 bits per heavy atom. The van der Waals surface area contributed by atoms with Gasteiger partial charge in [-0.15, -0.1) is 11.3 Å². The molecule has 0 bridgehead atoms. The highest BCUT2D eigenvalue weighted by Crippen LogP contribution is 2.40. The molecule has 0 unspecified atom stereocenters. The molecule has 2 aromatic heterocycles. The first-order chi connectivity index (χ1) is 11.2. The van der Waals surface area contributed by atoms with Crippen LogP contribution in [0, 0.1) is 12.8 Å². The van der Waals surface area contributed by atoms with Gasteiger partial charge in [0.05, 0.1) is 5.39 Å². The Kier molecular flexibility index (Phi) is 3.77. The topological polar surface area (TPSA) is 35.0 Å². The highest BCUT2D eigenvalue weighted by molar-refractivity contribution is 7.18. The quantitative estimate of drug-likeness (QED) is 0.700. The smallest absolute Gasteiger partial charge is 0.225 e. The van der Waals surface area contributed by atoms with Gasteiger partial charge in [0.25, 0.3) is 0 Å². The zero-order valence-electron chi connectivity index (χ0n) is 13.5. The van der Waals surface area contributed by atoms with E-state index in [0.717, 1.165) is 34.9 Å². The van der Waals surface area contributed by atoms with Crippen molar-refractivity contribution in [1.82, 2.24) is 9.97 Å². The molecule has 1 aliphatic rings. The summed E-state index contributed by atoms with van der Waals surface area (Å²) in [5.74, 6) is 1.50. The van der Waals surface area contributed by atoms with Gasteiger partial charge in [0.2, 0.25) is 5.88 Å². The molecule has 0 saturated carbocycles. The lowest BCUT2D eigenvalue weighted by Gasteiger charge is -2.18. The lowest BCUT2D eigenvalue weighted by molar-refractivity contribution is 0.297. The number of hydrogen-bond acceptors (Lipinski definition) is 4. The van der Waals surface area contributed by atoms with E-state index in [-0.39, 0.29) is 0 Å². The number of nitrogens with zero attached hydrogens (tertiary/aromatic N) is 2. The van der Waals surface area contributed by atoms with Crippen molar-refractivity contribution in [1.29, 1.82) is 0 Å². The molecule has 2 heterocycles. The Balaban J connectivity index is 1.66. The summed E-state index contributed by atoms with van der Waals surface area (Å²) in [4.78, 5) is 11.4. The van der Waals surface area contributed by atoms with Crippen molar-refractivity contribution < 1.29 is 4.74 Å². The van der Waals surface area contributed by atoms with E-state index in [1.165, 1.54) is 28.0 Å². The van der Waals surface area contributed by atoms with E-state index in [0.29, 0.717) is 6.61 Å². The van der Waals surface area contributed by atoms with Crippen LogP contribution in [0.5, 0.6) is 5.88 Å². The average molecular weight is 324 g/mol. The van der Waals surface area contributed by atoms with Crippen LogP contribution >= 0.6 is 11.3 Å². The predicted molar refractivity (Wildman–Crippen MR) is 94.1 cm³/mol. The molecule has 0 aliphatic heterocycles. The molecule has 1 atom stereocenters. The van der Waals surface area contributed by atoms with Crippen LogP contribution in [-0.2, 0) is 19.4 Å². The van der Waals surface area contributed by atoms with Gasteiger partial charge in [-0.25, -0.2) is 9.97 Å². The Morgan fingerprint density at radius 1 is 1.22 bits per heavy atom. The van der Waals surface area contributed by atoms with E-state index in [1.54, 1.807) is 6.33 Å². The fourth-order valence-corrected chi connectivity index (χ4v) is 4.53. The number of thiophene rings is 1. The maximum Gasteiger partial charge on any atom is 0.225 e. The minimum absolute atomic E-state index is 0.549. The lowest BCUT2D eigenvalue weighted by atomic mass is 9.89. The standard InChI is InChI=1S/C19H20N2OS/c1-12-3-6-14(7-4-12)10-22-18-17-15-8-5-13(2)9-16(15)23-19(17)21-11-20-18/h3-4,6-7,11,13H,5,8-10H2,1-2H3/t13-/m0/s1. The minimum Gasteiger partial charge on any atom is -0.472 e. The second kappa shape index (κ2) is 5.93. The van der Waals surface area contributed by atoms with Crippen molar-refractivity contribution in [3.05, 3.63) is 52.2 Å². The summed E-state index contributed by atoms with van der Waals surface area (Å²) in [6, 6.07) is 8.45. The molecule has 3 aromatic rings. The molecule has 1 aromatic carbocycles. The van der Waals surface area contributed by atoms with E-state index in [2.05, 4.69) is 48.1 Å². The lowest BCUT2D eigenvalue weighted by Crippen LogP contribution is -2.09. The van der Waals surface area contributed by atoms with Crippen molar-refractivity contribution in [2.45, 2.75) is 39.7 Å². The molecule has 0 saturated heterocycles. The molecule has 0 fully saturated rings. The van der Waals surface area contributed by atoms with Crippen molar-refractivity contribution in [2.24, 2.45) is 5.92 Å².